The van der Waals surface area contributed by atoms with Crippen LogP contribution < -0.4 is 4.74 Å². The monoisotopic (exact) mass is 245 g/mol. The quantitative estimate of drug-likeness (QED) is 0.886. The molecule has 18 heavy (non-hydrogen) atoms. The summed E-state index contributed by atoms with van der Waals surface area (Å²) in [7, 11) is 0. The van der Waals surface area contributed by atoms with Crippen LogP contribution in [0.3, 0.4) is 0 Å². The Hall–Kier alpha value is -1.53. The molecule has 0 spiro atoms. The molecule has 1 fully saturated rings. The highest BCUT2D eigenvalue weighted by Gasteiger charge is 2.44. The Kier molecular flexibility index (Phi) is 3.58. The summed E-state index contributed by atoms with van der Waals surface area (Å²) in [5.41, 5.74) is 0.186. The van der Waals surface area contributed by atoms with Crippen LogP contribution in [0.2, 0.25) is 0 Å². The van der Waals surface area contributed by atoms with E-state index in [1.54, 1.807) is 0 Å². The molecule has 1 atom stereocenters. The summed E-state index contributed by atoms with van der Waals surface area (Å²) in [5.74, 6) is 0.744. The predicted molar refractivity (Wildman–Crippen MR) is 69.1 cm³/mol. The van der Waals surface area contributed by atoms with E-state index in [2.05, 4.69) is 6.07 Å². The van der Waals surface area contributed by atoms with Crippen LogP contribution in [0, 0.1) is 16.7 Å². The molecule has 0 saturated heterocycles. The minimum atomic E-state index is -0.716. The van der Waals surface area contributed by atoms with Crippen LogP contribution in [0.15, 0.2) is 24.3 Å². The van der Waals surface area contributed by atoms with Gasteiger partial charge in [0.1, 0.15) is 5.75 Å². The Balaban J connectivity index is 2.20. The minimum absolute atomic E-state index is 0.103. The third kappa shape index (κ3) is 2.34. The molecule has 1 aliphatic carbocycles. The van der Waals surface area contributed by atoms with Crippen molar-refractivity contribution < 1.29 is 9.84 Å². The van der Waals surface area contributed by atoms with Crippen molar-refractivity contribution in [2.75, 3.05) is 0 Å². The van der Waals surface area contributed by atoms with Crippen molar-refractivity contribution in [3.63, 3.8) is 0 Å². The van der Waals surface area contributed by atoms with Gasteiger partial charge in [-0.1, -0.05) is 18.6 Å². The molecule has 0 heterocycles. The molecule has 3 nitrogen and oxygen atoms in total. The first kappa shape index (κ1) is 12.9. The summed E-state index contributed by atoms with van der Waals surface area (Å²) >= 11 is 0. The van der Waals surface area contributed by atoms with Crippen molar-refractivity contribution in [2.45, 2.75) is 45.3 Å². The SMILES string of the molecule is CC(C)Oc1cccc(C(O)C2(C#N)CCC2)c1. The zero-order valence-electron chi connectivity index (χ0n) is 10.9. The van der Waals surface area contributed by atoms with E-state index in [0.717, 1.165) is 30.6 Å². The first-order valence-corrected chi connectivity index (χ1v) is 6.43. The van der Waals surface area contributed by atoms with Crippen LogP contribution in [-0.4, -0.2) is 11.2 Å². The van der Waals surface area contributed by atoms with Gasteiger partial charge >= 0.3 is 0 Å². The molecule has 1 aliphatic rings. The molecule has 3 heteroatoms. The summed E-state index contributed by atoms with van der Waals surface area (Å²) in [6, 6.07) is 9.71. The van der Waals surface area contributed by atoms with Gasteiger partial charge in [0.25, 0.3) is 0 Å². The van der Waals surface area contributed by atoms with Gasteiger partial charge in [-0.3, -0.25) is 0 Å². The number of hydrogen-bond donors (Lipinski definition) is 1. The van der Waals surface area contributed by atoms with E-state index in [1.807, 2.05) is 38.1 Å². The molecular formula is C15H19NO2. The molecule has 0 bridgehead atoms. The minimum Gasteiger partial charge on any atom is -0.491 e. The number of aliphatic hydroxyl groups is 1. The Labute approximate surface area is 108 Å². The molecule has 0 aromatic heterocycles. The van der Waals surface area contributed by atoms with Crippen LogP contribution in [0.5, 0.6) is 5.75 Å². The van der Waals surface area contributed by atoms with E-state index in [9.17, 15) is 10.4 Å². The van der Waals surface area contributed by atoms with Crippen LogP contribution in [0.1, 0.15) is 44.8 Å². The maximum atomic E-state index is 10.4. The van der Waals surface area contributed by atoms with Gasteiger partial charge < -0.3 is 9.84 Å². The van der Waals surface area contributed by atoms with E-state index in [4.69, 9.17) is 4.74 Å². The maximum absolute atomic E-state index is 10.4. The molecule has 1 aromatic carbocycles. The van der Waals surface area contributed by atoms with Crippen molar-refractivity contribution in [2.24, 2.45) is 5.41 Å². The second kappa shape index (κ2) is 4.99. The summed E-state index contributed by atoms with van der Waals surface area (Å²) in [6.07, 6.45) is 1.96. The molecule has 1 N–H and O–H groups in total. The second-order valence-corrected chi connectivity index (χ2v) is 5.26. The number of nitrogens with zero attached hydrogens (tertiary/aromatic N) is 1. The average molecular weight is 245 g/mol. The average Bonchev–Trinajstić information content (AvgIpc) is 2.27. The molecular weight excluding hydrogens is 226 g/mol. The van der Waals surface area contributed by atoms with Crippen LogP contribution in [0.4, 0.5) is 0 Å². The molecule has 0 amide bonds. The van der Waals surface area contributed by atoms with E-state index in [1.165, 1.54) is 0 Å². The lowest BCUT2D eigenvalue weighted by Gasteiger charge is -2.39. The summed E-state index contributed by atoms with van der Waals surface area (Å²) in [6.45, 7) is 3.93. The smallest absolute Gasteiger partial charge is 0.120 e. The van der Waals surface area contributed by atoms with E-state index >= 15 is 0 Å². The first-order chi connectivity index (χ1) is 8.57. The van der Waals surface area contributed by atoms with Gasteiger partial charge in [0.05, 0.1) is 23.7 Å². The summed E-state index contributed by atoms with van der Waals surface area (Å²) in [4.78, 5) is 0. The zero-order valence-corrected chi connectivity index (χ0v) is 10.9. The lowest BCUT2D eigenvalue weighted by atomic mass is 9.65. The molecule has 1 aromatic rings. The molecule has 96 valence electrons. The van der Waals surface area contributed by atoms with Gasteiger partial charge in [0.2, 0.25) is 0 Å². The van der Waals surface area contributed by atoms with Crippen LogP contribution in [0.25, 0.3) is 0 Å². The van der Waals surface area contributed by atoms with Gasteiger partial charge in [-0.05, 0) is 44.4 Å². The van der Waals surface area contributed by atoms with Crippen LogP contribution in [-0.2, 0) is 0 Å². The number of nitriles is 1. The number of ether oxygens (including phenoxy) is 1. The molecule has 0 aliphatic heterocycles. The third-order valence-corrected chi connectivity index (χ3v) is 3.54. The predicted octanol–water partition coefficient (Wildman–Crippen LogP) is 3.20. The molecule has 2 rings (SSSR count). The van der Waals surface area contributed by atoms with Gasteiger partial charge in [-0.25, -0.2) is 0 Å². The van der Waals surface area contributed by atoms with Gasteiger partial charge in [-0.15, -0.1) is 0 Å². The number of rotatable bonds is 4. The second-order valence-electron chi connectivity index (χ2n) is 5.26. The Morgan fingerprint density at radius 2 is 2.11 bits per heavy atom. The van der Waals surface area contributed by atoms with Crippen molar-refractivity contribution in [3.05, 3.63) is 29.8 Å². The Bertz CT molecular complexity index is 458. The van der Waals surface area contributed by atoms with Crippen molar-refractivity contribution >= 4 is 0 Å². The summed E-state index contributed by atoms with van der Waals surface area (Å²) in [5, 5.41) is 19.6. The van der Waals surface area contributed by atoms with E-state index < -0.39 is 11.5 Å². The normalized spacial score (nSPS) is 18.8. The topological polar surface area (TPSA) is 53.2 Å². The maximum Gasteiger partial charge on any atom is 0.120 e. The third-order valence-electron chi connectivity index (χ3n) is 3.54. The largest absolute Gasteiger partial charge is 0.491 e. The highest BCUT2D eigenvalue weighted by molar-refractivity contribution is 5.32. The lowest BCUT2D eigenvalue weighted by Crippen LogP contribution is -2.34. The first-order valence-electron chi connectivity index (χ1n) is 6.43. The highest BCUT2D eigenvalue weighted by Crippen LogP contribution is 2.49. The fraction of sp³-hybridized carbons (Fsp3) is 0.533. The molecule has 1 saturated carbocycles. The molecule has 0 radical (unpaired) electrons. The number of hydrogen-bond acceptors (Lipinski definition) is 3. The fourth-order valence-electron chi connectivity index (χ4n) is 2.35. The van der Waals surface area contributed by atoms with E-state index in [0.29, 0.717) is 0 Å². The lowest BCUT2D eigenvalue weighted by molar-refractivity contribution is 0.00776. The standard InChI is InChI=1S/C15H19NO2/c1-11(2)18-13-6-3-5-12(9-13)14(17)15(10-16)7-4-8-15/h3,5-6,9,11,14,17H,4,7-8H2,1-2H3. The molecule has 1 unspecified atom stereocenters. The number of aliphatic hydroxyl groups excluding tert-OH is 1. The Morgan fingerprint density at radius 1 is 1.39 bits per heavy atom. The number of benzene rings is 1. The van der Waals surface area contributed by atoms with E-state index in [-0.39, 0.29) is 6.10 Å². The van der Waals surface area contributed by atoms with Crippen molar-refractivity contribution in [1.82, 2.24) is 0 Å². The Morgan fingerprint density at radius 3 is 2.61 bits per heavy atom. The summed E-state index contributed by atoms with van der Waals surface area (Å²) < 4.78 is 5.61. The van der Waals surface area contributed by atoms with Crippen molar-refractivity contribution in [1.29, 1.82) is 5.26 Å². The van der Waals surface area contributed by atoms with Gasteiger partial charge in [0, 0.05) is 0 Å². The zero-order chi connectivity index (χ0) is 13.2. The van der Waals surface area contributed by atoms with Gasteiger partial charge in [-0.2, -0.15) is 5.26 Å². The highest BCUT2D eigenvalue weighted by atomic mass is 16.5. The van der Waals surface area contributed by atoms with Crippen LogP contribution >= 0.6 is 0 Å². The van der Waals surface area contributed by atoms with Gasteiger partial charge in [0.15, 0.2) is 0 Å². The fourth-order valence-corrected chi connectivity index (χ4v) is 2.35. The van der Waals surface area contributed by atoms with Crippen molar-refractivity contribution in [3.8, 4) is 11.8 Å².